The maximum absolute atomic E-state index is 12.2. The van der Waals surface area contributed by atoms with E-state index in [4.69, 9.17) is 0 Å². The molecule has 1 N–H and O–H groups in total. The number of hydrogen-bond donors (Lipinski definition) is 1. The molecule has 0 aliphatic rings. The van der Waals surface area contributed by atoms with Gasteiger partial charge < -0.3 is 5.32 Å². The van der Waals surface area contributed by atoms with Gasteiger partial charge in [0.25, 0.3) is 0 Å². The number of unbranched alkanes of at least 4 members (excludes halogenated alkanes) is 1. The Morgan fingerprint density at radius 1 is 1.26 bits per heavy atom. The van der Waals surface area contributed by atoms with E-state index in [1.807, 2.05) is 38.1 Å². The molecule has 1 aromatic rings. The number of nitrogens with one attached hydrogen (secondary N) is 1. The molecule has 4 nitrogen and oxygen atoms in total. The molecule has 0 radical (unpaired) electrons. The van der Waals surface area contributed by atoms with Gasteiger partial charge in [-0.1, -0.05) is 19.1 Å². The molecule has 1 aromatic carbocycles. The predicted molar refractivity (Wildman–Crippen MR) is 81.1 cm³/mol. The molecule has 108 valence electrons. The number of benzene rings is 1. The third-order valence-corrected chi connectivity index (χ3v) is 4.89. The Balaban J connectivity index is 2.57. The SMILES string of the molecule is CCNCCCCS(=O)(=O)N(C)c1cccc(C)c1. The normalized spacial score (nSPS) is 11.5. The molecule has 0 atom stereocenters. The van der Waals surface area contributed by atoms with Gasteiger partial charge in [-0.25, -0.2) is 8.42 Å². The van der Waals surface area contributed by atoms with Crippen molar-refractivity contribution in [2.45, 2.75) is 26.7 Å². The first kappa shape index (κ1) is 16.0. The summed E-state index contributed by atoms with van der Waals surface area (Å²) < 4.78 is 25.7. The summed E-state index contributed by atoms with van der Waals surface area (Å²) in [5, 5.41) is 3.19. The second-order valence-corrected chi connectivity index (χ2v) is 6.80. The molecular weight excluding hydrogens is 260 g/mol. The standard InChI is InChI=1S/C14H24N2O2S/c1-4-15-10-5-6-11-19(17,18)16(3)14-9-7-8-13(2)12-14/h7-9,12,15H,4-6,10-11H2,1-3H3. The van der Waals surface area contributed by atoms with Crippen LogP contribution in [0.25, 0.3) is 0 Å². The summed E-state index contributed by atoms with van der Waals surface area (Å²) in [7, 11) is -1.59. The van der Waals surface area contributed by atoms with Gasteiger partial charge >= 0.3 is 0 Å². The minimum absolute atomic E-state index is 0.197. The number of nitrogens with zero attached hydrogens (tertiary/aromatic N) is 1. The molecular formula is C14H24N2O2S. The number of rotatable bonds is 8. The zero-order chi connectivity index (χ0) is 14.3. The van der Waals surface area contributed by atoms with Crippen LogP contribution in [0.5, 0.6) is 0 Å². The minimum Gasteiger partial charge on any atom is -0.317 e. The molecule has 0 amide bonds. The summed E-state index contributed by atoms with van der Waals surface area (Å²) in [5.41, 5.74) is 1.79. The molecule has 0 bridgehead atoms. The van der Waals surface area contributed by atoms with Crippen LogP contribution in [-0.4, -0.2) is 34.3 Å². The molecule has 0 aliphatic carbocycles. The van der Waals surface area contributed by atoms with Gasteiger partial charge in [0.2, 0.25) is 10.0 Å². The lowest BCUT2D eigenvalue weighted by molar-refractivity contribution is 0.586. The molecule has 5 heteroatoms. The number of sulfonamides is 1. The Morgan fingerprint density at radius 3 is 2.63 bits per heavy atom. The summed E-state index contributed by atoms with van der Waals surface area (Å²) in [4.78, 5) is 0. The third kappa shape index (κ3) is 5.20. The van der Waals surface area contributed by atoms with E-state index in [0.29, 0.717) is 6.42 Å². The molecule has 0 saturated heterocycles. The molecule has 1 rings (SSSR count). The van der Waals surface area contributed by atoms with E-state index in [1.165, 1.54) is 4.31 Å². The highest BCUT2D eigenvalue weighted by Gasteiger charge is 2.17. The zero-order valence-corrected chi connectivity index (χ0v) is 12.8. The average Bonchev–Trinajstić information content (AvgIpc) is 2.37. The van der Waals surface area contributed by atoms with Crippen LogP contribution in [0, 0.1) is 6.92 Å². The maximum Gasteiger partial charge on any atom is 0.234 e. The fourth-order valence-electron chi connectivity index (χ4n) is 1.83. The van der Waals surface area contributed by atoms with Crippen LogP contribution in [0.15, 0.2) is 24.3 Å². The largest absolute Gasteiger partial charge is 0.317 e. The maximum atomic E-state index is 12.2. The van der Waals surface area contributed by atoms with Gasteiger partial charge in [0, 0.05) is 7.05 Å². The lowest BCUT2D eigenvalue weighted by Crippen LogP contribution is -2.29. The molecule has 0 spiro atoms. The Bertz CT molecular complexity index is 486. The van der Waals surface area contributed by atoms with E-state index < -0.39 is 10.0 Å². The molecule has 19 heavy (non-hydrogen) atoms. The van der Waals surface area contributed by atoms with Crippen molar-refractivity contribution in [2.24, 2.45) is 0 Å². The van der Waals surface area contributed by atoms with Crippen molar-refractivity contribution in [3.63, 3.8) is 0 Å². The minimum atomic E-state index is -3.21. The Hall–Kier alpha value is -1.07. The molecule has 0 fully saturated rings. The molecule has 0 saturated carbocycles. The number of anilines is 1. The first-order chi connectivity index (χ1) is 8.97. The highest BCUT2D eigenvalue weighted by atomic mass is 32.2. The predicted octanol–water partition coefficient (Wildman–Crippen LogP) is 2.15. The van der Waals surface area contributed by atoms with Crippen molar-refractivity contribution < 1.29 is 8.42 Å². The van der Waals surface area contributed by atoms with Gasteiger partial charge in [0.05, 0.1) is 11.4 Å². The highest BCUT2D eigenvalue weighted by Crippen LogP contribution is 2.18. The third-order valence-electron chi connectivity index (χ3n) is 3.04. The summed E-state index contributed by atoms with van der Waals surface area (Å²) >= 11 is 0. The lowest BCUT2D eigenvalue weighted by atomic mass is 10.2. The van der Waals surface area contributed by atoms with Crippen LogP contribution in [0.2, 0.25) is 0 Å². The quantitative estimate of drug-likeness (QED) is 0.744. The number of hydrogen-bond acceptors (Lipinski definition) is 3. The van der Waals surface area contributed by atoms with E-state index >= 15 is 0 Å². The van der Waals surface area contributed by atoms with E-state index in [0.717, 1.165) is 30.8 Å². The second kappa shape index (κ2) is 7.50. The molecule has 0 unspecified atom stereocenters. The van der Waals surface area contributed by atoms with Gasteiger partial charge in [0.1, 0.15) is 0 Å². The topological polar surface area (TPSA) is 49.4 Å². The average molecular weight is 284 g/mol. The molecule has 0 aliphatic heterocycles. The zero-order valence-electron chi connectivity index (χ0n) is 12.0. The monoisotopic (exact) mass is 284 g/mol. The van der Waals surface area contributed by atoms with E-state index in [2.05, 4.69) is 5.32 Å². The van der Waals surface area contributed by atoms with Crippen molar-refractivity contribution >= 4 is 15.7 Å². The van der Waals surface area contributed by atoms with Gasteiger partial charge in [-0.3, -0.25) is 4.31 Å². The summed E-state index contributed by atoms with van der Waals surface area (Å²) in [6, 6.07) is 7.54. The van der Waals surface area contributed by atoms with Crippen LogP contribution in [0.1, 0.15) is 25.3 Å². The van der Waals surface area contributed by atoms with Crippen LogP contribution < -0.4 is 9.62 Å². The van der Waals surface area contributed by atoms with Gasteiger partial charge in [-0.2, -0.15) is 0 Å². The van der Waals surface area contributed by atoms with Crippen molar-refractivity contribution in [3.8, 4) is 0 Å². The van der Waals surface area contributed by atoms with Gasteiger partial charge in [-0.05, 0) is 50.6 Å². The van der Waals surface area contributed by atoms with E-state index in [9.17, 15) is 8.42 Å². The van der Waals surface area contributed by atoms with Crippen molar-refractivity contribution in [3.05, 3.63) is 29.8 Å². The smallest absolute Gasteiger partial charge is 0.234 e. The van der Waals surface area contributed by atoms with Gasteiger partial charge in [0.15, 0.2) is 0 Å². The van der Waals surface area contributed by atoms with Crippen LogP contribution in [-0.2, 0) is 10.0 Å². The number of aryl methyl sites for hydroxylation is 1. The van der Waals surface area contributed by atoms with E-state index in [1.54, 1.807) is 7.05 Å². The van der Waals surface area contributed by atoms with Gasteiger partial charge in [-0.15, -0.1) is 0 Å². The van der Waals surface area contributed by atoms with Crippen molar-refractivity contribution in [1.29, 1.82) is 0 Å². The van der Waals surface area contributed by atoms with Crippen LogP contribution in [0.4, 0.5) is 5.69 Å². The molecule has 0 aromatic heterocycles. The first-order valence-electron chi connectivity index (χ1n) is 6.71. The summed E-state index contributed by atoms with van der Waals surface area (Å²) in [5.74, 6) is 0.197. The lowest BCUT2D eigenvalue weighted by Gasteiger charge is -2.19. The van der Waals surface area contributed by atoms with E-state index in [-0.39, 0.29) is 5.75 Å². The Morgan fingerprint density at radius 2 is 2.00 bits per heavy atom. The highest BCUT2D eigenvalue weighted by molar-refractivity contribution is 7.92. The summed E-state index contributed by atoms with van der Waals surface area (Å²) in [6.45, 7) is 5.80. The van der Waals surface area contributed by atoms with Crippen molar-refractivity contribution in [1.82, 2.24) is 5.32 Å². The van der Waals surface area contributed by atoms with Crippen LogP contribution in [0.3, 0.4) is 0 Å². The molecule has 0 heterocycles. The Kier molecular flexibility index (Phi) is 6.31. The first-order valence-corrected chi connectivity index (χ1v) is 8.32. The Labute approximate surface area is 116 Å². The fraction of sp³-hybridized carbons (Fsp3) is 0.571. The second-order valence-electron chi connectivity index (χ2n) is 4.68. The van der Waals surface area contributed by atoms with Crippen LogP contribution >= 0.6 is 0 Å². The van der Waals surface area contributed by atoms with Crippen molar-refractivity contribution in [2.75, 3.05) is 30.2 Å². The summed E-state index contributed by atoms with van der Waals surface area (Å²) in [6.07, 6.45) is 1.57. The fourth-order valence-corrected chi connectivity index (χ4v) is 3.11.